The Hall–Kier alpha value is -2.38. The first kappa shape index (κ1) is 17.4. The summed E-state index contributed by atoms with van der Waals surface area (Å²) in [6.45, 7) is 4.79. The maximum atomic E-state index is 12.6. The highest BCUT2D eigenvalue weighted by molar-refractivity contribution is 7.92. The van der Waals surface area contributed by atoms with Crippen molar-refractivity contribution in [2.45, 2.75) is 18.7 Å². The molecule has 0 radical (unpaired) electrons. The molecular formula is C18H20N2O4S. The second kappa shape index (κ2) is 6.85. The number of ether oxygens (including phenoxy) is 1. The number of amides is 1. The molecule has 0 unspecified atom stereocenters. The van der Waals surface area contributed by atoms with Crippen molar-refractivity contribution in [1.82, 2.24) is 0 Å². The van der Waals surface area contributed by atoms with E-state index in [2.05, 4.69) is 4.72 Å². The van der Waals surface area contributed by atoms with Crippen LogP contribution >= 0.6 is 0 Å². The molecule has 25 heavy (non-hydrogen) atoms. The van der Waals surface area contributed by atoms with Crippen LogP contribution in [0.2, 0.25) is 0 Å². The van der Waals surface area contributed by atoms with Gasteiger partial charge in [0.15, 0.2) is 0 Å². The van der Waals surface area contributed by atoms with E-state index in [9.17, 15) is 13.2 Å². The van der Waals surface area contributed by atoms with Crippen LogP contribution in [0.25, 0.3) is 0 Å². The Kier molecular flexibility index (Phi) is 4.78. The molecular weight excluding hydrogens is 340 g/mol. The number of nitrogens with one attached hydrogen (secondary N) is 1. The summed E-state index contributed by atoms with van der Waals surface area (Å²) in [6.07, 6.45) is 0. The number of sulfonamides is 1. The second-order valence-corrected chi connectivity index (χ2v) is 7.63. The van der Waals surface area contributed by atoms with E-state index in [0.29, 0.717) is 24.5 Å². The molecule has 1 saturated heterocycles. The zero-order chi connectivity index (χ0) is 18.0. The summed E-state index contributed by atoms with van der Waals surface area (Å²) in [5, 5.41) is 0. The topological polar surface area (TPSA) is 75.7 Å². The molecule has 0 atom stereocenters. The van der Waals surface area contributed by atoms with Gasteiger partial charge >= 0.3 is 0 Å². The highest BCUT2D eigenvalue weighted by Gasteiger charge is 2.21. The standard InChI is InChI=1S/C18H20N2O4S/c1-13-4-3-5-17(14(13)2)19-25(22,23)16-8-6-15(7-9-16)20-10-11-24-12-18(20)21/h3-9,19H,10-12H2,1-2H3. The number of morpholine rings is 1. The molecule has 1 amide bonds. The number of carbonyl (C=O) groups is 1. The molecule has 1 N–H and O–H groups in total. The van der Waals surface area contributed by atoms with Gasteiger partial charge in [0, 0.05) is 12.2 Å². The summed E-state index contributed by atoms with van der Waals surface area (Å²) >= 11 is 0. The van der Waals surface area contributed by atoms with Crippen molar-refractivity contribution < 1.29 is 17.9 Å². The van der Waals surface area contributed by atoms with Gasteiger partial charge in [0.25, 0.3) is 15.9 Å². The summed E-state index contributed by atoms with van der Waals surface area (Å²) in [5.41, 5.74) is 3.13. The number of carbonyl (C=O) groups excluding carboxylic acids is 1. The van der Waals surface area contributed by atoms with Crippen LogP contribution in [0.3, 0.4) is 0 Å². The minimum atomic E-state index is -3.69. The lowest BCUT2D eigenvalue weighted by Gasteiger charge is -2.26. The van der Waals surface area contributed by atoms with Gasteiger partial charge < -0.3 is 9.64 Å². The molecule has 2 aromatic rings. The number of hydrogen-bond acceptors (Lipinski definition) is 4. The van der Waals surface area contributed by atoms with Gasteiger partial charge in [-0.15, -0.1) is 0 Å². The molecule has 132 valence electrons. The van der Waals surface area contributed by atoms with Crippen molar-refractivity contribution in [3.05, 3.63) is 53.6 Å². The minimum absolute atomic E-state index is 0.0498. The van der Waals surface area contributed by atoms with Crippen molar-refractivity contribution in [2.24, 2.45) is 0 Å². The van der Waals surface area contributed by atoms with Crippen molar-refractivity contribution in [3.63, 3.8) is 0 Å². The maximum absolute atomic E-state index is 12.6. The van der Waals surface area contributed by atoms with Gasteiger partial charge in [-0.25, -0.2) is 8.42 Å². The lowest BCUT2D eigenvalue weighted by atomic mass is 10.1. The van der Waals surface area contributed by atoms with Crippen LogP contribution in [0, 0.1) is 13.8 Å². The van der Waals surface area contributed by atoms with E-state index in [0.717, 1.165) is 11.1 Å². The Morgan fingerprint density at radius 1 is 1.08 bits per heavy atom. The zero-order valence-corrected chi connectivity index (χ0v) is 15.0. The van der Waals surface area contributed by atoms with E-state index in [-0.39, 0.29) is 17.4 Å². The summed E-state index contributed by atoms with van der Waals surface area (Å²) in [6, 6.07) is 11.8. The predicted octanol–water partition coefficient (Wildman–Crippen LogP) is 2.47. The van der Waals surface area contributed by atoms with Gasteiger partial charge in [-0.2, -0.15) is 0 Å². The molecule has 0 aromatic heterocycles. The van der Waals surface area contributed by atoms with Crippen LogP contribution in [-0.2, 0) is 19.6 Å². The van der Waals surface area contributed by atoms with Crippen molar-refractivity contribution in [1.29, 1.82) is 0 Å². The lowest BCUT2D eigenvalue weighted by Crippen LogP contribution is -2.41. The average molecular weight is 360 g/mol. The molecule has 0 spiro atoms. The largest absolute Gasteiger partial charge is 0.370 e. The Labute approximate surface area is 147 Å². The third-order valence-electron chi connectivity index (χ3n) is 4.29. The first-order valence-electron chi connectivity index (χ1n) is 7.96. The molecule has 0 bridgehead atoms. The van der Waals surface area contributed by atoms with Crippen LogP contribution in [0.1, 0.15) is 11.1 Å². The summed E-state index contributed by atoms with van der Waals surface area (Å²) < 4.78 is 32.9. The smallest absolute Gasteiger partial charge is 0.261 e. The Morgan fingerprint density at radius 3 is 2.48 bits per heavy atom. The number of anilines is 2. The highest BCUT2D eigenvalue weighted by atomic mass is 32.2. The predicted molar refractivity (Wildman–Crippen MR) is 96.3 cm³/mol. The fourth-order valence-corrected chi connectivity index (χ4v) is 3.78. The van der Waals surface area contributed by atoms with E-state index in [1.165, 1.54) is 12.1 Å². The Bertz CT molecular complexity index is 892. The van der Waals surface area contributed by atoms with Gasteiger partial charge in [0.1, 0.15) is 6.61 Å². The zero-order valence-electron chi connectivity index (χ0n) is 14.2. The lowest BCUT2D eigenvalue weighted by molar-refractivity contribution is -0.125. The molecule has 0 aliphatic carbocycles. The van der Waals surface area contributed by atoms with Crippen LogP contribution in [0.15, 0.2) is 47.4 Å². The minimum Gasteiger partial charge on any atom is -0.370 e. The van der Waals surface area contributed by atoms with Crippen molar-refractivity contribution >= 4 is 27.3 Å². The molecule has 7 heteroatoms. The van der Waals surface area contributed by atoms with E-state index in [1.54, 1.807) is 23.1 Å². The molecule has 1 heterocycles. The summed E-state index contributed by atoms with van der Waals surface area (Å²) in [7, 11) is -3.69. The molecule has 2 aromatic carbocycles. The quantitative estimate of drug-likeness (QED) is 0.909. The Morgan fingerprint density at radius 2 is 1.80 bits per heavy atom. The van der Waals surface area contributed by atoms with Crippen LogP contribution in [0.5, 0.6) is 0 Å². The summed E-state index contributed by atoms with van der Waals surface area (Å²) in [5.74, 6) is -0.129. The van der Waals surface area contributed by atoms with Gasteiger partial charge in [-0.3, -0.25) is 9.52 Å². The molecule has 6 nitrogen and oxygen atoms in total. The third-order valence-corrected chi connectivity index (χ3v) is 5.67. The number of aryl methyl sites for hydroxylation is 1. The highest BCUT2D eigenvalue weighted by Crippen LogP contribution is 2.24. The van der Waals surface area contributed by atoms with Crippen LogP contribution in [0.4, 0.5) is 11.4 Å². The van der Waals surface area contributed by atoms with Gasteiger partial charge in [0.05, 0.1) is 17.2 Å². The third kappa shape index (κ3) is 3.67. The van der Waals surface area contributed by atoms with E-state index in [1.807, 2.05) is 26.0 Å². The van der Waals surface area contributed by atoms with Crippen LogP contribution < -0.4 is 9.62 Å². The van der Waals surface area contributed by atoms with Crippen molar-refractivity contribution in [2.75, 3.05) is 29.4 Å². The van der Waals surface area contributed by atoms with E-state index >= 15 is 0 Å². The van der Waals surface area contributed by atoms with Crippen molar-refractivity contribution in [3.8, 4) is 0 Å². The second-order valence-electron chi connectivity index (χ2n) is 5.94. The maximum Gasteiger partial charge on any atom is 0.261 e. The van der Waals surface area contributed by atoms with E-state index < -0.39 is 10.0 Å². The van der Waals surface area contributed by atoms with Gasteiger partial charge in [-0.1, -0.05) is 12.1 Å². The fraction of sp³-hybridized carbons (Fsp3) is 0.278. The fourth-order valence-electron chi connectivity index (χ4n) is 2.66. The normalized spacial score (nSPS) is 15.3. The Balaban J connectivity index is 1.83. The molecule has 0 saturated carbocycles. The number of benzene rings is 2. The molecule has 1 aliphatic heterocycles. The van der Waals surface area contributed by atoms with Gasteiger partial charge in [0.2, 0.25) is 0 Å². The summed E-state index contributed by atoms with van der Waals surface area (Å²) in [4.78, 5) is 13.6. The van der Waals surface area contributed by atoms with E-state index in [4.69, 9.17) is 4.74 Å². The number of nitrogens with zero attached hydrogens (tertiary/aromatic N) is 1. The average Bonchev–Trinajstić information content (AvgIpc) is 2.59. The molecule has 1 aliphatic rings. The first-order chi connectivity index (χ1) is 11.9. The first-order valence-corrected chi connectivity index (χ1v) is 9.44. The van der Waals surface area contributed by atoms with Crippen LogP contribution in [-0.4, -0.2) is 34.1 Å². The molecule has 1 fully saturated rings. The van der Waals surface area contributed by atoms with Gasteiger partial charge in [-0.05, 0) is 55.3 Å². The molecule has 3 rings (SSSR count). The number of hydrogen-bond donors (Lipinski definition) is 1. The number of rotatable bonds is 4. The monoisotopic (exact) mass is 360 g/mol. The SMILES string of the molecule is Cc1cccc(NS(=O)(=O)c2ccc(N3CCOCC3=O)cc2)c1C.